The van der Waals surface area contributed by atoms with Gasteiger partial charge in [-0.1, -0.05) is 116 Å². The molecule has 0 aromatic carbocycles. The fourth-order valence-corrected chi connectivity index (χ4v) is 3.14. The van der Waals surface area contributed by atoms with Crippen molar-refractivity contribution in [1.82, 2.24) is 0 Å². The monoisotopic (exact) mass is 294 g/mol. The Morgan fingerprint density at radius 2 is 1.05 bits per heavy atom. The van der Waals surface area contributed by atoms with Gasteiger partial charge in [-0.3, -0.25) is 0 Å². The predicted molar refractivity (Wildman–Crippen MR) is 98.9 cm³/mol. The van der Waals surface area contributed by atoms with E-state index in [-0.39, 0.29) is 0 Å². The highest BCUT2D eigenvalue weighted by Gasteiger charge is 2.06. The molecule has 1 atom stereocenters. The van der Waals surface area contributed by atoms with Crippen molar-refractivity contribution in [1.29, 1.82) is 0 Å². The zero-order valence-electron chi connectivity index (χ0n) is 15.3. The molecule has 0 aliphatic carbocycles. The van der Waals surface area contributed by atoms with Crippen molar-refractivity contribution < 1.29 is 0 Å². The first-order valence-corrected chi connectivity index (χ1v) is 9.96. The molecule has 0 heteroatoms. The fourth-order valence-electron chi connectivity index (χ4n) is 3.14. The van der Waals surface area contributed by atoms with E-state index in [0.29, 0.717) is 0 Å². The Kier molecular flexibility index (Phi) is 17.6. The minimum atomic E-state index is 0.957. The molecule has 0 saturated carbocycles. The molecule has 0 nitrogen and oxygen atoms in total. The Morgan fingerprint density at radius 3 is 1.48 bits per heavy atom. The van der Waals surface area contributed by atoms with Crippen molar-refractivity contribution in [2.24, 2.45) is 5.92 Å². The average Bonchev–Trinajstić information content (AvgIpc) is 2.50. The zero-order valence-corrected chi connectivity index (χ0v) is 15.3. The molecule has 0 amide bonds. The standard InChI is InChI=1S/C21H42/c1-4-7-10-12-13-15-17-20-21(18-9-6-3)19-16-14-11-8-5-2/h6,9,21H,4-5,7-8,10-20H2,1-3H3. The van der Waals surface area contributed by atoms with Gasteiger partial charge in [-0.2, -0.15) is 0 Å². The van der Waals surface area contributed by atoms with Crippen molar-refractivity contribution in [3.63, 3.8) is 0 Å². The third kappa shape index (κ3) is 15.9. The average molecular weight is 295 g/mol. The van der Waals surface area contributed by atoms with Crippen LogP contribution in [0.4, 0.5) is 0 Å². The first-order chi connectivity index (χ1) is 10.3. The van der Waals surface area contributed by atoms with Gasteiger partial charge in [0.2, 0.25) is 0 Å². The van der Waals surface area contributed by atoms with Gasteiger partial charge in [0, 0.05) is 0 Å². The van der Waals surface area contributed by atoms with Gasteiger partial charge in [0.05, 0.1) is 0 Å². The van der Waals surface area contributed by atoms with E-state index in [4.69, 9.17) is 0 Å². The molecule has 0 fully saturated rings. The number of hydrogen-bond donors (Lipinski definition) is 0. The summed E-state index contributed by atoms with van der Waals surface area (Å²) in [6.07, 6.45) is 26.1. The normalized spacial score (nSPS) is 13.1. The van der Waals surface area contributed by atoms with Gasteiger partial charge in [-0.05, 0) is 19.3 Å². The van der Waals surface area contributed by atoms with E-state index in [9.17, 15) is 0 Å². The quantitative estimate of drug-likeness (QED) is 0.199. The first-order valence-electron chi connectivity index (χ1n) is 9.96. The van der Waals surface area contributed by atoms with Crippen LogP contribution in [0.1, 0.15) is 117 Å². The zero-order chi connectivity index (χ0) is 15.6. The van der Waals surface area contributed by atoms with E-state index in [0.717, 1.165) is 5.92 Å². The molecular weight excluding hydrogens is 252 g/mol. The molecule has 0 saturated heterocycles. The number of allylic oxidation sites excluding steroid dienone is 2. The van der Waals surface area contributed by atoms with Crippen molar-refractivity contribution in [3.8, 4) is 0 Å². The molecule has 0 aromatic heterocycles. The van der Waals surface area contributed by atoms with E-state index < -0.39 is 0 Å². The molecular formula is C21H42. The Balaban J connectivity index is 3.60. The summed E-state index contributed by atoms with van der Waals surface area (Å²) in [6.45, 7) is 6.76. The van der Waals surface area contributed by atoms with Crippen molar-refractivity contribution >= 4 is 0 Å². The van der Waals surface area contributed by atoms with Crippen LogP contribution in [-0.2, 0) is 0 Å². The summed E-state index contributed by atoms with van der Waals surface area (Å²) in [5, 5.41) is 0. The molecule has 126 valence electrons. The number of hydrogen-bond acceptors (Lipinski definition) is 0. The molecule has 0 N–H and O–H groups in total. The molecule has 21 heavy (non-hydrogen) atoms. The van der Waals surface area contributed by atoms with Gasteiger partial charge in [0.25, 0.3) is 0 Å². The summed E-state index contributed by atoms with van der Waals surface area (Å²) >= 11 is 0. The SMILES string of the molecule is CC=CCC(CCCCCCC)CCCCCCCCC. The Labute approximate surface area is 135 Å². The van der Waals surface area contributed by atoms with Crippen molar-refractivity contribution in [2.75, 3.05) is 0 Å². The summed E-state index contributed by atoms with van der Waals surface area (Å²) < 4.78 is 0. The van der Waals surface area contributed by atoms with Crippen LogP contribution in [0.2, 0.25) is 0 Å². The second kappa shape index (κ2) is 17.8. The van der Waals surface area contributed by atoms with Gasteiger partial charge < -0.3 is 0 Å². The van der Waals surface area contributed by atoms with Crippen LogP contribution in [0.5, 0.6) is 0 Å². The van der Waals surface area contributed by atoms with Gasteiger partial charge >= 0.3 is 0 Å². The van der Waals surface area contributed by atoms with Crippen LogP contribution >= 0.6 is 0 Å². The summed E-state index contributed by atoms with van der Waals surface area (Å²) in [5.74, 6) is 0.957. The molecule has 0 bridgehead atoms. The lowest BCUT2D eigenvalue weighted by Crippen LogP contribution is -2.00. The lowest BCUT2D eigenvalue weighted by atomic mass is 9.91. The van der Waals surface area contributed by atoms with Gasteiger partial charge in [0.1, 0.15) is 0 Å². The Morgan fingerprint density at radius 1 is 0.619 bits per heavy atom. The minimum absolute atomic E-state index is 0.957. The van der Waals surface area contributed by atoms with Crippen LogP contribution in [0.15, 0.2) is 12.2 Å². The molecule has 0 heterocycles. The number of rotatable bonds is 16. The Bertz CT molecular complexity index is 204. The molecule has 0 aliphatic heterocycles. The maximum absolute atomic E-state index is 2.39. The highest BCUT2D eigenvalue weighted by Crippen LogP contribution is 2.22. The van der Waals surface area contributed by atoms with E-state index in [2.05, 4.69) is 32.9 Å². The molecule has 0 aliphatic rings. The Hall–Kier alpha value is -0.260. The van der Waals surface area contributed by atoms with Crippen LogP contribution < -0.4 is 0 Å². The third-order valence-corrected chi connectivity index (χ3v) is 4.64. The van der Waals surface area contributed by atoms with Crippen LogP contribution in [-0.4, -0.2) is 0 Å². The smallest absolute Gasteiger partial charge is 0.0322 e. The lowest BCUT2D eigenvalue weighted by molar-refractivity contribution is 0.406. The van der Waals surface area contributed by atoms with Crippen molar-refractivity contribution in [3.05, 3.63) is 12.2 Å². The van der Waals surface area contributed by atoms with Crippen LogP contribution in [0.3, 0.4) is 0 Å². The summed E-state index contributed by atoms with van der Waals surface area (Å²) in [6, 6.07) is 0. The first kappa shape index (κ1) is 20.7. The lowest BCUT2D eigenvalue weighted by Gasteiger charge is -2.15. The maximum atomic E-state index is 2.39. The highest BCUT2D eigenvalue weighted by atomic mass is 14.1. The second-order valence-corrected chi connectivity index (χ2v) is 6.78. The van der Waals surface area contributed by atoms with E-state index in [1.165, 1.54) is 96.3 Å². The van der Waals surface area contributed by atoms with Crippen LogP contribution in [0, 0.1) is 5.92 Å². The van der Waals surface area contributed by atoms with Crippen LogP contribution in [0.25, 0.3) is 0 Å². The molecule has 0 aromatic rings. The predicted octanol–water partition coefficient (Wildman–Crippen LogP) is 8.07. The van der Waals surface area contributed by atoms with Gasteiger partial charge in [-0.25, -0.2) is 0 Å². The third-order valence-electron chi connectivity index (χ3n) is 4.64. The molecule has 1 unspecified atom stereocenters. The summed E-state index contributed by atoms with van der Waals surface area (Å²) in [4.78, 5) is 0. The fraction of sp³-hybridized carbons (Fsp3) is 0.905. The van der Waals surface area contributed by atoms with Gasteiger partial charge in [-0.15, -0.1) is 0 Å². The molecule has 0 radical (unpaired) electrons. The van der Waals surface area contributed by atoms with E-state index in [1.807, 2.05) is 0 Å². The summed E-state index contributed by atoms with van der Waals surface area (Å²) in [7, 11) is 0. The molecule has 0 rings (SSSR count). The maximum Gasteiger partial charge on any atom is -0.0322 e. The van der Waals surface area contributed by atoms with Gasteiger partial charge in [0.15, 0.2) is 0 Å². The van der Waals surface area contributed by atoms with Crippen molar-refractivity contribution in [2.45, 2.75) is 117 Å². The largest absolute Gasteiger partial charge is 0.0917 e. The minimum Gasteiger partial charge on any atom is -0.0917 e. The van der Waals surface area contributed by atoms with E-state index >= 15 is 0 Å². The number of unbranched alkanes of at least 4 members (excludes halogenated alkanes) is 10. The topological polar surface area (TPSA) is 0 Å². The molecule has 0 spiro atoms. The van der Waals surface area contributed by atoms with E-state index in [1.54, 1.807) is 0 Å². The summed E-state index contributed by atoms with van der Waals surface area (Å²) in [5.41, 5.74) is 0. The second-order valence-electron chi connectivity index (χ2n) is 6.78. The highest BCUT2D eigenvalue weighted by molar-refractivity contribution is 4.80.